The van der Waals surface area contributed by atoms with Crippen molar-refractivity contribution in [2.75, 3.05) is 11.9 Å². The molecule has 2 atom stereocenters. The van der Waals surface area contributed by atoms with Crippen LogP contribution in [0.25, 0.3) is 11.3 Å². The molecule has 2 bridgehead atoms. The predicted octanol–water partition coefficient (Wildman–Crippen LogP) is 5.76. The van der Waals surface area contributed by atoms with Crippen molar-refractivity contribution in [3.63, 3.8) is 0 Å². The number of nitrogens with zero attached hydrogens (tertiary/aromatic N) is 3. The van der Waals surface area contributed by atoms with Gasteiger partial charge < -0.3 is 20.1 Å². The number of nitrogens with one attached hydrogen (secondary N) is 2. The third-order valence-corrected chi connectivity index (χ3v) is 8.14. The molecule has 3 aromatic rings. The van der Waals surface area contributed by atoms with Gasteiger partial charge in [-0.15, -0.1) is 0 Å². The van der Waals surface area contributed by atoms with E-state index in [-0.39, 0.29) is 25.2 Å². The largest absolute Gasteiger partial charge is 0.445 e. The van der Waals surface area contributed by atoms with E-state index in [0.29, 0.717) is 24.4 Å². The van der Waals surface area contributed by atoms with Gasteiger partial charge in [0.25, 0.3) is 0 Å². The van der Waals surface area contributed by atoms with Gasteiger partial charge >= 0.3 is 6.09 Å². The van der Waals surface area contributed by atoms with Gasteiger partial charge in [-0.25, -0.2) is 9.48 Å². The van der Waals surface area contributed by atoms with E-state index in [1.807, 2.05) is 61.5 Å². The lowest BCUT2D eigenvalue weighted by Crippen LogP contribution is -2.29. The Balaban J connectivity index is 1.59. The summed E-state index contributed by atoms with van der Waals surface area (Å²) in [6.07, 6.45) is 6.97. The molecule has 0 aliphatic carbocycles. The van der Waals surface area contributed by atoms with E-state index >= 15 is 0 Å². The third kappa shape index (κ3) is 8.11. The van der Waals surface area contributed by atoms with E-state index < -0.39 is 20.2 Å². The fourth-order valence-electron chi connectivity index (χ4n) is 4.11. The number of ether oxygens (including phenoxy) is 2. The number of carbonyl (C=O) groups excluding carboxylic acids is 2. The monoisotopic (exact) mass is 547 g/mol. The Hall–Kier alpha value is -3.76. The molecule has 0 fully saturated rings. The molecule has 1 aliphatic rings. The summed E-state index contributed by atoms with van der Waals surface area (Å²) in [7, 11) is -1.23. The van der Waals surface area contributed by atoms with Crippen LogP contribution in [-0.4, -0.2) is 41.4 Å². The minimum absolute atomic E-state index is 0.145. The van der Waals surface area contributed by atoms with Crippen LogP contribution >= 0.6 is 0 Å². The van der Waals surface area contributed by atoms with Crippen molar-refractivity contribution in [1.29, 1.82) is 0 Å². The van der Waals surface area contributed by atoms with E-state index in [1.54, 1.807) is 17.1 Å². The smallest absolute Gasteiger partial charge is 0.408 e. The maximum Gasteiger partial charge on any atom is 0.408 e. The second kappa shape index (κ2) is 12.9. The van der Waals surface area contributed by atoms with Crippen LogP contribution in [0.4, 0.5) is 10.5 Å². The number of rotatable bonds is 8. The summed E-state index contributed by atoms with van der Waals surface area (Å²) in [6, 6.07) is 13.9. The zero-order valence-corrected chi connectivity index (χ0v) is 24.0. The van der Waals surface area contributed by atoms with Crippen LogP contribution in [0.1, 0.15) is 30.6 Å². The van der Waals surface area contributed by atoms with Crippen molar-refractivity contribution in [2.24, 2.45) is 5.92 Å². The Bertz CT molecular complexity index is 1300. The number of anilines is 1. The second-order valence-electron chi connectivity index (χ2n) is 10.9. The maximum atomic E-state index is 12.9. The molecule has 2 N–H and O–H groups in total. The van der Waals surface area contributed by atoms with Gasteiger partial charge in [-0.1, -0.05) is 69.0 Å². The molecule has 1 aliphatic heterocycles. The summed E-state index contributed by atoms with van der Waals surface area (Å²) in [6.45, 7) is 9.83. The highest BCUT2D eigenvalue weighted by Gasteiger charge is 2.22. The lowest BCUT2D eigenvalue weighted by atomic mass is 10.0. The number of hydrogen-bond acceptors (Lipinski definition) is 6. The Morgan fingerprint density at radius 2 is 2.00 bits per heavy atom. The highest BCUT2D eigenvalue weighted by Crippen LogP contribution is 2.31. The number of amides is 2. The van der Waals surface area contributed by atoms with Gasteiger partial charge in [-0.2, -0.15) is 5.10 Å². The lowest BCUT2D eigenvalue weighted by molar-refractivity contribution is -0.118. The lowest BCUT2D eigenvalue weighted by Gasteiger charge is -2.20. The molecule has 0 saturated carbocycles. The van der Waals surface area contributed by atoms with Gasteiger partial charge in [0.15, 0.2) is 0 Å². The number of carbonyl (C=O) groups is 2. The van der Waals surface area contributed by atoms with Gasteiger partial charge in [0.2, 0.25) is 5.91 Å². The number of fused-ring (bicyclic) bond motifs is 4. The summed E-state index contributed by atoms with van der Waals surface area (Å²) in [5.74, 6) is -0.529. The molecule has 0 spiro atoms. The first-order chi connectivity index (χ1) is 18.7. The minimum Gasteiger partial charge on any atom is -0.445 e. The SMILES string of the molecule is C[C@@H]1/C=C\C[C@H](NC(=O)OCc2ccccc2)c2cc(ccn2)-c2c(cnn2COCC[Si](C)(C)C)NC1=O. The average molecular weight is 548 g/mol. The number of pyridine rings is 1. The molecule has 206 valence electrons. The topological polar surface area (TPSA) is 107 Å². The standard InChI is InChI=1S/C29H37N5O4Si/c1-21-9-8-12-24(33-29(36)38-19-22-10-6-5-7-11-22)25-17-23(13-14-30-25)27-26(32-28(21)35)18-31-34(27)20-37-15-16-39(2,3)4/h5-11,13-14,17-18,21,24H,12,15-16,19-20H2,1-4H3,(H,32,35)(H,33,36)/b9-8-/t21-,24+/m1/s1. The van der Waals surface area contributed by atoms with Gasteiger partial charge in [0.05, 0.1) is 35.2 Å². The Kier molecular flexibility index (Phi) is 9.31. The molecule has 2 amide bonds. The fraction of sp³-hybridized carbons (Fsp3) is 0.379. The van der Waals surface area contributed by atoms with Gasteiger partial charge in [0, 0.05) is 26.4 Å². The van der Waals surface area contributed by atoms with E-state index in [0.717, 1.165) is 22.9 Å². The molecule has 0 radical (unpaired) electrons. The summed E-state index contributed by atoms with van der Waals surface area (Å²) in [5.41, 5.74) is 3.70. The van der Waals surface area contributed by atoms with Crippen LogP contribution in [0.5, 0.6) is 0 Å². The van der Waals surface area contributed by atoms with Crippen LogP contribution in [0.3, 0.4) is 0 Å². The van der Waals surface area contributed by atoms with Crippen molar-refractivity contribution in [3.8, 4) is 11.3 Å². The van der Waals surface area contributed by atoms with Gasteiger partial charge in [0.1, 0.15) is 13.3 Å². The molecule has 4 rings (SSSR count). The number of alkyl carbamates (subject to hydrolysis) is 1. The number of hydrogen-bond donors (Lipinski definition) is 2. The van der Waals surface area contributed by atoms with Crippen LogP contribution in [0.15, 0.2) is 67.0 Å². The first-order valence-corrected chi connectivity index (χ1v) is 16.9. The van der Waals surface area contributed by atoms with Gasteiger partial charge in [-0.3, -0.25) is 9.78 Å². The van der Waals surface area contributed by atoms with E-state index in [1.165, 1.54) is 0 Å². The van der Waals surface area contributed by atoms with Crippen LogP contribution in [-0.2, 0) is 27.6 Å². The summed E-state index contributed by atoms with van der Waals surface area (Å²) in [4.78, 5) is 30.2. The normalized spacial score (nSPS) is 18.2. The van der Waals surface area contributed by atoms with E-state index in [4.69, 9.17) is 9.47 Å². The zero-order valence-electron chi connectivity index (χ0n) is 23.0. The summed E-state index contributed by atoms with van der Waals surface area (Å²) >= 11 is 0. The zero-order chi connectivity index (χ0) is 27.8. The first-order valence-electron chi connectivity index (χ1n) is 13.2. The number of aromatic nitrogens is 3. The second-order valence-corrected chi connectivity index (χ2v) is 16.5. The Labute approximate surface area is 230 Å². The molecule has 9 nitrogen and oxygen atoms in total. The molecule has 10 heteroatoms. The van der Waals surface area contributed by atoms with Crippen molar-refractivity contribution in [2.45, 2.75) is 58.4 Å². The van der Waals surface area contributed by atoms with E-state index in [2.05, 4.69) is 40.4 Å². The van der Waals surface area contributed by atoms with Crippen LogP contribution in [0.2, 0.25) is 25.7 Å². The molecule has 0 saturated heterocycles. The number of benzene rings is 1. The summed E-state index contributed by atoms with van der Waals surface area (Å²) in [5, 5.41) is 10.5. The predicted molar refractivity (Wildman–Crippen MR) is 154 cm³/mol. The molecular weight excluding hydrogens is 510 g/mol. The highest BCUT2D eigenvalue weighted by atomic mass is 28.3. The molecule has 0 unspecified atom stereocenters. The third-order valence-electron chi connectivity index (χ3n) is 6.43. The van der Waals surface area contributed by atoms with Crippen LogP contribution in [0, 0.1) is 5.92 Å². The first kappa shape index (κ1) is 28.3. The van der Waals surface area contributed by atoms with Crippen molar-refractivity contribution < 1.29 is 19.1 Å². The maximum absolute atomic E-state index is 12.9. The average Bonchev–Trinajstić information content (AvgIpc) is 3.31. The molecule has 3 heterocycles. The van der Waals surface area contributed by atoms with Gasteiger partial charge in [-0.05, 0) is 30.2 Å². The Morgan fingerprint density at radius 3 is 2.77 bits per heavy atom. The van der Waals surface area contributed by atoms with E-state index in [9.17, 15) is 9.59 Å². The molecule has 1 aromatic carbocycles. The molecule has 39 heavy (non-hydrogen) atoms. The van der Waals surface area contributed by atoms with Crippen LogP contribution < -0.4 is 10.6 Å². The Morgan fingerprint density at radius 1 is 1.21 bits per heavy atom. The quantitative estimate of drug-likeness (QED) is 0.211. The van der Waals surface area contributed by atoms with Crippen molar-refractivity contribution in [1.82, 2.24) is 20.1 Å². The summed E-state index contributed by atoms with van der Waals surface area (Å²) < 4.78 is 13.2. The molecule has 2 aromatic heterocycles. The highest BCUT2D eigenvalue weighted by molar-refractivity contribution is 6.76. The molecular formula is C29H37N5O4Si. The van der Waals surface area contributed by atoms with Crippen molar-refractivity contribution in [3.05, 3.63) is 78.3 Å². The van der Waals surface area contributed by atoms with Crippen molar-refractivity contribution >= 4 is 25.8 Å². The minimum atomic E-state index is -1.23. The fourth-order valence-corrected chi connectivity index (χ4v) is 4.86.